The van der Waals surface area contributed by atoms with E-state index in [2.05, 4.69) is 5.32 Å². The number of carbonyl (C=O) groups excluding carboxylic acids is 1. The van der Waals surface area contributed by atoms with E-state index in [0.29, 0.717) is 19.6 Å². The molecule has 1 aliphatic heterocycles. The molecule has 1 amide bonds. The number of carbonyl (C=O) groups is 1. The van der Waals surface area contributed by atoms with Gasteiger partial charge in [-0.2, -0.15) is 8.78 Å². The van der Waals surface area contributed by atoms with E-state index in [1.807, 2.05) is 0 Å². The highest BCUT2D eigenvalue weighted by molar-refractivity contribution is 5.79. The van der Waals surface area contributed by atoms with Crippen LogP contribution in [0.2, 0.25) is 0 Å². The van der Waals surface area contributed by atoms with Gasteiger partial charge in [-0.3, -0.25) is 4.79 Å². The zero-order valence-electron chi connectivity index (χ0n) is 6.77. The van der Waals surface area contributed by atoms with E-state index >= 15 is 0 Å². The standard InChI is InChI=1S/C7H11F2NO2/c1-7(2-3-12-4-7)10-6(11)5(8)9/h5H,2-4H2,1H3,(H,10,11). The van der Waals surface area contributed by atoms with Gasteiger partial charge in [-0.25, -0.2) is 0 Å². The van der Waals surface area contributed by atoms with Gasteiger partial charge in [-0.05, 0) is 13.3 Å². The van der Waals surface area contributed by atoms with Gasteiger partial charge in [0.05, 0.1) is 12.1 Å². The summed E-state index contributed by atoms with van der Waals surface area (Å²) in [5, 5.41) is 2.24. The van der Waals surface area contributed by atoms with Crippen LogP contribution in [0.25, 0.3) is 0 Å². The van der Waals surface area contributed by atoms with Crippen LogP contribution in [0.4, 0.5) is 8.78 Å². The van der Waals surface area contributed by atoms with Gasteiger partial charge in [0.1, 0.15) is 0 Å². The lowest BCUT2D eigenvalue weighted by Crippen LogP contribution is -2.48. The Labute approximate surface area is 69.1 Å². The van der Waals surface area contributed by atoms with Crippen molar-refractivity contribution in [2.75, 3.05) is 13.2 Å². The van der Waals surface area contributed by atoms with E-state index < -0.39 is 17.9 Å². The molecule has 5 heteroatoms. The molecule has 1 saturated heterocycles. The van der Waals surface area contributed by atoms with Crippen molar-refractivity contribution < 1.29 is 18.3 Å². The molecule has 1 aliphatic rings. The lowest BCUT2D eigenvalue weighted by molar-refractivity contribution is -0.133. The van der Waals surface area contributed by atoms with Gasteiger partial charge in [-0.15, -0.1) is 0 Å². The van der Waals surface area contributed by atoms with Crippen molar-refractivity contribution >= 4 is 5.91 Å². The second-order valence-corrected chi connectivity index (χ2v) is 3.15. The minimum Gasteiger partial charge on any atom is -0.379 e. The summed E-state index contributed by atoms with van der Waals surface area (Å²) < 4.78 is 28.6. The number of alkyl halides is 2. The van der Waals surface area contributed by atoms with Crippen LogP contribution >= 0.6 is 0 Å². The van der Waals surface area contributed by atoms with Crippen molar-refractivity contribution in [2.24, 2.45) is 0 Å². The fourth-order valence-electron chi connectivity index (χ4n) is 1.12. The number of ether oxygens (including phenoxy) is 1. The molecule has 0 aliphatic carbocycles. The molecule has 1 rings (SSSR count). The molecule has 0 bridgehead atoms. The molecule has 1 heterocycles. The highest BCUT2D eigenvalue weighted by Crippen LogP contribution is 2.17. The monoisotopic (exact) mass is 179 g/mol. The molecule has 0 aromatic carbocycles. The highest BCUT2D eigenvalue weighted by Gasteiger charge is 2.33. The van der Waals surface area contributed by atoms with Gasteiger partial charge in [0, 0.05) is 6.61 Å². The molecule has 1 atom stereocenters. The number of halogens is 2. The van der Waals surface area contributed by atoms with Crippen molar-refractivity contribution in [3.8, 4) is 0 Å². The summed E-state index contributed by atoms with van der Waals surface area (Å²) in [5.41, 5.74) is -0.604. The van der Waals surface area contributed by atoms with Crippen LogP contribution in [0.3, 0.4) is 0 Å². The summed E-state index contributed by atoms with van der Waals surface area (Å²) in [6.07, 6.45) is -2.35. The molecule has 0 aromatic heterocycles. The van der Waals surface area contributed by atoms with Crippen LogP contribution in [-0.2, 0) is 9.53 Å². The first-order valence-electron chi connectivity index (χ1n) is 3.71. The van der Waals surface area contributed by atoms with Crippen molar-refractivity contribution in [1.82, 2.24) is 5.32 Å². The van der Waals surface area contributed by atoms with E-state index in [1.165, 1.54) is 0 Å². The Morgan fingerprint density at radius 1 is 1.67 bits per heavy atom. The fraction of sp³-hybridized carbons (Fsp3) is 0.857. The quantitative estimate of drug-likeness (QED) is 0.672. The predicted molar refractivity (Wildman–Crippen MR) is 38.0 cm³/mol. The highest BCUT2D eigenvalue weighted by atomic mass is 19.3. The van der Waals surface area contributed by atoms with Crippen molar-refractivity contribution in [3.05, 3.63) is 0 Å². The SMILES string of the molecule is CC1(NC(=O)C(F)F)CCOC1. The molecule has 1 N–H and O–H groups in total. The number of amides is 1. The summed E-state index contributed by atoms with van der Waals surface area (Å²) in [6, 6.07) is 0. The number of rotatable bonds is 2. The normalized spacial score (nSPS) is 29.3. The Morgan fingerprint density at radius 2 is 2.33 bits per heavy atom. The van der Waals surface area contributed by atoms with Crippen LogP contribution in [0.1, 0.15) is 13.3 Å². The average molecular weight is 179 g/mol. The maximum absolute atomic E-state index is 11.8. The first-order chi connectivity index (χ1) is 5.53. The summed E-state index contributed by atoms with van der Waals surface area (Å²) in [7, 11) is 0. The Hall–Kier alpha value is -0.710. The zero-order valence-corrected chi connectivity index (χ0v) is 6.77. The fourth-order valence-corrected chi connectivity index (χ4v) is 1.12. The first kappa shape index (κ1) is 9.38. The minimum absolute atomic E-state index is 0.311. The summed E-state index contributed by atoms with van der Waals surface area (Å²) in [6.45, 7) is 2.52. The minimum atomic E-state index is -2.94. The van der Waals surface area contributed by atoms with Crippen molar-refractivity contribution in [1.29, 1.82) is 0 Å². The lowest BCUT2D eigenvalue weighted by atomic mass is 10.0. The molecule has 0 aromatic rings. The molecule has 12 heavy (non-hydrogen) atoms. The average Bonchev–Trinajstić information content (AvgIpc) is 2.35. The van der Waals surface area contributed by atoms with Gasteiger partial charge < -0.3 is 10.1 Å². The lowest BCUT2D eigenvalue weighted by Gasteiger charge is -2.22. The van der Waals surface area contributed by atoms with E-state index in [-0.39, 0.29) is 0 Å². The van der Waals surface area contributed by atoms with Crippen LogP contribution in [0.5, 0.6) is 0 Å². The maximum Gasteiger partial charge on any atom is 0.315 e. The zero-order chi connectivity index (χ0) is 9.19. The molecule has 1 unspecified atom stereocenters. The van der Waals surface area contributed by atoms with E-state index in [9.17, 15) is 13.6 Å². The first-order valence-corrected chi connectivity index (χ1v) is 3.71. The van der Waals surface area contributed by atoms with Crippen molar-refractivity contribution in [3.63, 3.8) is 0 Å². The van der Waals surface area contributed by atoms with E-state index in [0.717, 1.165) is 0 Å². The number of hydrogen-bond acceptors (Lipinski definition) is 2. The van der Waals surface area contributed by atoms with Crippen LogP contribution in [0.15, 0.2) is 0 Å². The maximum atomic E-state index is 11.8. The van der Waals surface area contributed by atoms with Crippen LogP contribution in [0, 0.1) is 0 Å². The van der Waals surface area contributed by atoms with Crippen LogP contribution in [-0.4, -0.2) is 31.1 Å². The molecule has 0 saturated carbocycles. The smallest absolute Gasteiger partial charge is 0.315 e. The molecule has 0 spiro atoms. The Balaban J connectivity index is 2.44. The van der Waals surface area contributed by atoms with Gasteiger partial charge in [-0.1, -0.05) is 0 Å². The third-order valence-corrected chi connectivity index (χ3v) is 1.84. The topological polar surface area (TPSA) is 38.3 Å². The molecule has 1 fully saturated rings. The summed E-state index contributed by atoms with van der Waals surface area (Å²) >= 11 is 0. The summed E-state index contributed by atoms with van der Waals surface area (Å²) in [4.78, 5) is 10.6. The third-order valence-electron chi connectivity index (χ3n) is 1.84. The van der Waals surface area contributed by atoms with E-state index in [1.54, 1.807) is 6.92 Å². The second kappa shape index (κ2) is 3.35. The third kappa shape index (κ3) is 2.14. The van der Waals surface area contributed by atoms with Gasteiger partial charge in [0.2, 0.25) is 0 Å². The Kier molecular flexibility index (Phi) is 2.62. The molecule has 0 radical (unpaired) electrons. The predicted octanol–water partition coefficient (Wildman–Crippen LogP) is 0.547. The van der Waals surface area contributed by atoms with E-state index in [4.69, 9.17) is 4.74 Å². The molecular formula is C7H11F2NO2. The summed E-state index contributed by atoms with van der Waals surface area (Å²) in [5.74, 6) is -1.22. The second-order valence-electron chi connectivity index (χ2n) is 3.15. The number of nitrogens with one attached hydrogen (secondary N) is 1. The Morgan fingerprint density at radius 3 is 2.75 bits per heavy atom. The molecular weight excluding hydrogens is 168 g/mol. The van der Waals surface area contributed by atoms with Gasteiger partial charge >= 0.3 is 6.43 Å². The largest absolute Gasteiger partial charge is 0.379 e. The Bertz CT molecular complexity index is 178. The van der Waals surface area contributed by atoms with Gasteiger partial charge in [0.15, 0.2) is 0 Å². The van der Waals surface area contributed by atoms with Crippen LogP contribution < -0.4 is 5.32 Å². The van der Waals surface area contributed by atoms with Crippen molar-refractivity contribution in [2.45, 2.75) is 25.3 Å². The molecule has 3 nitrogen and oxygen atoms in total. The number of hydrogen-bond donors (Lipinski definition) is 1. The van der Waals surface area contributed by atoms with Gasteiger partial charge in [0.25, 0.3) is 5.91 Å². The molecule has 70 valence electrons.